The molecule has 2 aromatic carbocycles. The molecular formula is C34H58N4O2. The van der Waals surface area contributed by atoms with Crippen LogP contribution in [0, 0.1) is 6.92 Å². The maximum Gasteiger partial charge on any atom is 0.128 e. The third kappa shape index (κ3) is 15.0. The molecule has 2 N–H and O–H groups in total. The molecule has 0 bridgehead atoms. The minimum atomic E-state index is 0.788. The molecule has 0 heterocycles. The van der Waals surface area contributed by atoms with Gasteiger partial charge in [0.2, 0.25) is 0 Å². The molecule has 0 saturated heterocycles. The van der Waals surface area contributed by atoms with Gasteiger partial charge >= 0.3 is 0 Å². The van der Waals surface area contributed by atoms with Crippen LogP contribution in [0.4, 0.5) is 0 Å². The molecule has 0 radical (unpaired) electrons. The molecule has 0 unspecified atom stereocenters. The van der Waals surface area contributed by atoms with Crippen molar-refractivity contribution < 1.29 is 9.47 Å². The van der Waals surface area contributed by atoms with Crippen LogP contribution < -0.4 is 20.1 Å². The zero-order chi connectivity index (χ0) is 29.0. The predicted octanol–water partition coefficient (Wildman–Crippen LogP) is 6.05. The summed E-state index contributed by atoms with van der Waals surface area (Å²) in [6.45, 7) is 8.93. The van der Waals surface area contributed by atoms with E-state index < -0.39 is 0 Å². The van der Waals surface area contributed by atoms with Gasteiger partial charge in [-0.15, -0.1) is 0 Å². The first-order chi connectivity index (χ1) is 19.4. The van der Waals surface area contributed by atoms with E-state index in [0.717, 1.165) is 83.1 Å². The van der Waals surface area contributed by atoms with Crippen LogP contribution in [0.15, 0.2) is 36.4 Å². The Bertz CT molecular complexity index is 876. The molecule has 2 rings (SSSR count). The van der Waals surface area contributed by atoms with E-state index in [4.69, 9.17) is 9.47 Å². The molecule has 0 amide bonds. The van der Waals surface area contributed by atoms with Crippen LogP contribution in [0.3, 0.4) is 0 Å². The van der Waals surface area contributed by atoms with Gasteiger partial charge in [0.15, 0.2) is 0 Å². The summed E-state index contributed by atoms with van der Waals surface area (Å²) in [5.41, 5.74) is 5.28. The summed E-state index contributed by atoms with van der Waals surface area (Å²) in [5, 5.41) is 7.30. The average molecular weight is 555 g/mol. The first-order valence-corrected chi connectivity index (χ1v) is 15.5. The number of unbranched alkanes of at least 4 members (excludes halogenated alkanes) is 5. The Morgan fingerprint density at radius 2 is 1.20 bits per heavy atom. The van der Waals surface area contributed by atoms with Gasteiger partial charge < -0.3 is 29.9 Å². The van der Waals surface area contributed by atoms with E-state index in [1.807, 2.05) is 0 Å². The van der Waals surface area contributed by atoms with Crippen molar-refractivity contribution in [3.05, 3.63) is 58.7 Å². The molecule has 0 aliphatic carbocycles. The van der Waals surface area contributed by atoms with Gasteiger partial charge in [0, 0.05) is 24.2 Å². The predicted molar refractivity (Wildman–Crippen MR) is 171 cm³/mol. The highest BCUT2D eigenvalue weighted by atomic mass is 16.5. The molecule has 0 aliphatic rings. The maximum atomic E-state index is 6.51. The number of rotatable bonds is 23. The van der Waals surface area contributed by atoms with E-state index in [2.05, 4.69) is 91.9 Å². The average Bonchev–Trinajstić information content (AvgIpc) is 2.92. The molecule has 6 heteroatoms. The minimum Gasteiger partial charge on any atom is -0.497 e. The molecule has 0 saturated carbocycles. The second kappa shape index (κ2) is 20.7. The summed E-state index contributed by atoms with van der Waals surface area (Å²) in [5.74, 6) is 2.02. The largest absolute Gasteiger partial charge is 0.497 e. The fraction of sp³-hybridized carbons (Fsp3) is 0.647. The molecule has 6 nitrogen and oxygen atoms in total. The third-order valence-electron chi connectivity index (χ3n) is 7.20. The first kappa shape index (κ1) is 34.1. The monoisotopic (exact) mass is 554 g/mol. The van der Waals surface area contributed by atoms with Crippen LogP contribution in [0.5, 0.6) is 11.5 Å². The van der Waals surface area contributed by atoms with Gasteiger partial charge in [-0.05, 0) is 111 Å². The fourth-order valence-corrected chi connectivity index (χ4v) is 4.97. The lowest BCUT2D eigenvalue weighted by molar-refractivity contribution is 0.296. The Hall–Kier alpha value is -2.12. The van der Waals surface area contributed by atoms with Crippen LogP contribution >= 0.6 is 0 Å². The lowest BCUT2D eigenvalue weighted by atomic mass is 10.0. The summed E-state index contributed by atoms with van der Waals surface area (Å²) in [6.07, 6.45) is 10.9. The Morgan fingerprint density at radius 1 is 0.675 bits per heavy atom. The van der Waals surface area contributed by atoms with Gasteiger partial charge in [-0.3, -0.25) is 0 Å². The van der Waals surface area contributed by atoms with Gasteiger partial charge in [0.1, 0.15) is 11.5 Å². The van der Waals surface area contributed by atoms with Crippen LogP contribution in [-0.2, 0) is 19.5 Å². The fourth-order valence-electron chi connectivity index (χ4n) is 4.97. The first-order valence-electron chi connectivity index (χ1n) is 15.5. The highest BCUT2D eigenvalue weighted by molar-refractivity contribution is 5.44. The number of hydrogen-bond acceptors (Lipinski definition) is 6. The quantitative estimate of drug-likeness (QED) is 0.163. The van der Waals surface area contributed by atoms with E-state index in [9.17, 15) is 0 Å². The Morgan fingerprint density at radius 3 is 1.73 bits per heavy atom. The normalized spacial score (nSPS) is 11.5. The number of nitrogens with zero attached hydrogens (tertiary/aromatic N) is 2. The third-order valence-corrected chi connectivity index (χ3v) is 7.20. The van der Waals surface area contributed by atoms with Crippen molar-refractivity contribution in [3.63, 3.8) is 0 Å². The SMILES string of the molecule is COc1ccc(CCCCCCCCOc2c(CNCCCN(C)C)cc(C)cc2CNCCCN(C)C)cc1. The summed E-state index contributed by atoms with van der Waals surface area (Å²) in [4.78, 5) is 4.48. The van der Waals surface area contributed by atoms with Crippen molar-refractivity contribution in [2.75, 3.05) is 68.1 Å². The number of hydrogen-bond donors (Lipinski definition) is 2. The van der Waals surface area contributed by atoms with E-state index in [-0.39, 0.29) is 0 Å². The Kier molecular flexibility index (Phi) is 17.6. The Labute approximate surface area is 245 Å². The van der Waals surface area contributed by atoms with E-state index in [1.54, 1.807) is 7.11 Å². The summed E-state index contributed by atoms with van der Waals surface area (Å²) < 4.78 is 11.8. The van der Waals surface area contributed by atoms with Crippen molar-refractivity contribution in [3.8, 4) is 11.5 Å². The van der Waals surface area contributed by atoms with E-state index in [0.29, 0.717) is 0 Å². The van der Waals surface area contributed by atoms with Crippen LogP contribution in [0.25, 0.3) is 0 Å². The van der Waals surface area contributed by atoms with Crippen molar-refractivity contribution in [1.82, 2.24) is 20.4 Å². The number of methoxy groups -OCH3 is 1. The topological polar surface area (TPSA) is 49.0 Å². The molecule has 0 atom stereocenters. The van der Waals surface area contributed by atoms with Crippen LogP contribution in [-0.4, -0.2) is 77.9 Å². The second-order valence-corrected chi connectivity index (χ2v) is 11.6. The molecule has 0 spiro atoms. The number of nitrogens with one attached hydrogen (secondary N) is 2. The molecule has 0 aliphatic heterocycles. The van der Waals surface area contributed by atoms with Crippen molar-refractivity contribution in [1.29, 1.82) is 0 Å². The zero-order valence-corrected chi connectivity index (χ0v) is 26.5. The minimum absolute atomic E-state index is 0.788. The van der Waals surface area contributed by atoms with Crippen LogP contribution in [0.1, 0.15) is 73.6 Å². The molecule has 40 heavy (non-hydrogen) atoms. The molecule has 0 fully saturated rings. The molecular weight excluding hydrogens is 496 g/mol. The number of aryl methyl sites for hydroxylation is 2. The van der Waals surface area contributed by atoms with E-state index >= 15 is 0 Å². The number of benzene rings is 2. The molecule has 226 valence electrons. The summed E-state index contributed by atoms with van der Waals surface area (Å²) in [6, 6.07) is 13.1. The Balaban J connectivity index is 1.78. The molecule has 2 aromatic rings. The maximum absolute atomic E-state index is 6.51. The van der Waals surface area contributed by atoms with Crippen molar-refractivity contribution in [2.45, 2.75) is 77.8 Å². The lowest BCUT2D eigenvalue weighted by Gasteiger charge is -2.19. The van der Waals surface area contributed by atoms with Gasteiger partial charge in [-0.25, -0.2) is 0 Å². The lowest BCUT2D eigenvalue weighted by Crippen LogP contribution is -2.23. The summed E-state index contributed by atoms with van der Waals surface area (Å²) in [7, 11) is 10.2. The van der Waals surface area contributed by atoms with Gasteiger partial charge in [-0.2, -0.15) is 0 Å². The summed E-state index contributed by atoms with van der Waals surface area (Å²) >= 11 is 0. The van der Waals surface area contributed by atoms with Crippen molar-refractivity contribution >= 4 is 0 Å². The second-order valence-electron chi connectivity index (χ2n) is 11.6. The molecule has 0 aromatic heterocycles. The zero-order valence-electron chi connectivity index (χ0n) is 26.5. The highest BCUT2D eigenvalue weighted by Gasteiger charge is 2.12. The number of ether oxygens (including phenoxy) is 2. The smallest absolute Gasteiger partial charge is 0.128 e. The van der Waals surface area contributed by atoms with Gasteiger partial charge in [0.25, 0.3) is 0 Å². The van der Waals surface area contributed by atoms with E-state index in [1.165, 1.54) is 54.4 Å². The van der Waals surface area contributed by atoms with Crippen molar-refractivity contribution in [2.24, 2.45) is 0 Å². The van der Waals surface area contributed by atoms with Gasteiger partial charge in [-0.1, -0.05) is 55.5 Å². The van der Waals surface area contributed by atoms with Crippen LogP contribution in [0.2, 0.25) is 0 Å². The van der Waals surface area contributed by atoms with Gasteiger partial charge in [0.05, 0.1) is 13.7 Å². The highest BCUT2D eigenvalue weighted by Crippen LogP contribution is 2.27. The standard InChI is InChI=1S/C34H58N4O2/c1-29-25-31(27-35-20-13-22-37(2)3)34(32(26-29)28-36-21-14-23-38(4)5)40-24-12-10-8-7-9-11-15-30-16-18-33(39-6)19-17-30/h16-19,25-26,35-36H,7-15,20-24,27-28H2,1-6H3.